The van der Waals surface area contributed by atoms with Crippen molar-refractivity contribution in [1.29, 1.82) is 0 Å². The average Bonchev–Trinajstić information content (AvgIpc) is 2.78. The fraction of sp³-hybridized carbons (Fsp3) is 0.684. The highest BCUT2D eigenvalue weighted by Crippen LogP contribution is 2.37. The van der Waals surface area contributed by atoms with Gasteiger partial charge in [-0.3, -0.25) is 4.98 Å². The van der Waals surface area contributed by atoms with E-state index in [4.69, 9.17) is 4.74 Å². The number of pyridine rings is 1. The molecule has 0 spiro atoms. The molecule has 1 aromatic rings. The van der Waals surface area contributed by atoms with Crippen molar-refractivity contribution in [2.24, 2.45) is 0 Å². The molecule has 2 aliphatic heterocycles. The number of nitrogens with one attached hydrogen (secondary N) is 1. The first-order valence-corrected chi connectivity index (χ1v) is 9.01. The van der Waals surface area contributed by atoms with Gasteiger partial charge in [-0.25, -0.2) is 4.79 Å². The van der Waals surface area contributed by atoms with Crippen molar-refractivity contribution in [3.8, 4) is 0 Å². The third-order valence-electron chi connectivity index (χ3n) is 5.01. The molecule has 0 aliphatic carbocycles. The van der Waals surface area contributed by atoms with E-state index in [0.717, 1.165) is 25.7 Å². The number of piperidine rings is 1. The predicted octanol–water partition coefficient (Wildman–Crippen LogP) is 3.66. The summed E-state index contributed by atoms with van der Waals surface area (Å²) in [5, 5.41) is 3.72. The third kappa shape index (κ3) is 3.89. The van der Waals surface area contributed by atoms with Gasteiger partial charge in [0.25, 0.3) is 0 Å². The zero-order valence-electron chi connectivity index (χ0n) is 15.2. The summed E-state index contributed by atoms with van der Waals surface area (Å²) in [6, 6.07) is 5.40. The molecule has 0 saturated carbocycles. The second kappa shape index (κ2) is 6.71. The van der Waals surface area contributed by atoms with Gasteiger partial charge in [0.2, 0.25) is 0 Å². The summed E-state index contributed by atoms with van der Waals surface area (Å²) in [7, 11) is 0. The van der Waals surface area contributed by atoms with Gasteiger partial charge in [-0.2, -0.15) is 0 Å². The quantitative estimate of drug-likeness (QED) is 0.918. The van der Waals surface area contributed by atoms with Gasteiger partial charge < -0.3 is 15.0 Å². The van der Waals surface area contributed by atoms with Crippen LogP contribution in [0.5, 0.6) is 0 Å². The van der Waals surface area contributed by atoms with E-state index < -0.39 is 5.60 Å². The van der Waals surface area contributed by atoms with E-state index in [1.165, 1.54) is 5.56 Å². The molecular weight excluding hydrogens is 302 g/mol. The number of hydrogen-bond acceptors (Lipinski definition) is 4. The highest BCUT2D eigenvalue weighted by Gasteiger charge is 2.44. The van der Waals surface area contributed by atoms with Crippen LogP contribution >= 0.6 is 0 Å². The first-order chi connectivity index (χ1) is 11.3. The van der Waals surface area contributed by atoms with Gasteiger partial charge in [-0.05, 0) is 65.0 Å². The van der Waals surface area contributed by atoms with E-state index in [2.05, 4.69) is 23.3 Å². The predicted molar refractivity (Wildman–Crippen MR) is 93.7 cm³/mol. The molecule has 2 aliphatic rings. The molecule has 2 unspecified atom stereocenters. The van der Waals surface area contributed by atoms with Crippen LogP contribution in [0, 0.1) is 0 Å². The van der Waals surface area contributed by atoms with E-state index >= 15 is 0 Å². The maximum Gasteiger partial charge on any atom is 0.410 e. The van der Waals surface area contributed by atoms with Crippen LogP contribution in [-0.2, 0) is 4.74 Å². The Hall–Kier alpha value is -1.62. The molecule has 3 heterocycles. The maximum absolute atomic E-state index is 12.5. The Morgan fingerprint density at radius 2 is 2.00 bits per heavy atom. The van der Waals surface area contributed by atoms with Crippen molar-refractivity contribution < 1.29 is 9.53 Å². The van der Waals surface area contributed by atoms with Gasteiger partial charge >= 0.3 is 6.09 Å². The number of rotatable bonds is 3. The molecule has 0 aromatic carbocycles. The molecule has 5 nitrogen and oxygen atoms in total. The van der Waals surface area contributed by atoms with Crippen LogP contribution in [0.4, 0.5) is 4.79 Å². The highest BCUT2D eigenvalue weighted by molar-refractivity contribution is 5.69. The number of fused-ring (bicyclic) bond motifs is 2. The van der Waals surface area contributed by atoms with Gasteiger partial charge in [0.05, 0.1) is 0 Å². The Labute approximate surface area is 144 Å². The lowest BCUT2D eigenvalue weighted by molar-refractivity contribution is 0.00435. The van der Waals surface area contributed by atoms with Crippen LogP contribution in [0.1, 0.15) is 65.0 Å². The number of nitrogens with zero attached hydrogens (tertiary/aromatic N) is 2. The first kappa shape index (κ1) is 17.2. The Morgan fingerprint density at radius 3 is 2.54 bits per heavy atom. The molecule has 24 heavy (non-hydrogen) atoms. The van der Waals surface area contributed by atoms with E-state index in [9.17, 15) is 4.79 Å². The Morgan fingerprint density at radius 1 is 1.33 bits per heavy atom. The van der Waals surface area contributed by atoms with Crippen LogP contribution in [0.3, 0.4) is 0 Å². The lowest BCUT2D eigenvalue weighted by atomic mass is 9.96. The smallest absolute Gasteiger partial charge is 0.410 e. The van der Waals surface area contributed by atoms with Crippen LogP contribution in [0.25, 0.3) is 0 Å². The number of ether oxygens (including phenoxy) is 1. The zero-order valence-corrected chi connectivity index (χ0v) is 15.2. The van der Waals surface area contributed by atoms with Gasteiger partial charge in [0, 0.05) is 36.6 Å². The lowest BCUT2D eigenvalue weighted by Crippen LogP contribution is -2.52. The molecule has 132 valence electrons. The molecule has 3 rings (SSSR count). The summed E-state index contributed by atoms with van der Waals surface area (Å²) >= 11 is 0. The van der Waals surface area contributed by atoms with Gasteiger partial charge in [0.15, 0.2) is 0 Å². The molecule has 1 amide bonds. The van der Waals surface area contributed by atoms with Crippen LogP contribution in [0.2, 0.25) is 0 Å². The fourth-order valence-electron chi connectivity index (χ4n) is 4.01. The third-order valence-corrected chi connectivity index (χ3v) is 5.01. The van der Waals surface area contributed by atoms with Gasteiger partial charge in [-0.15, -0.1) is 0 Å². The minimum atomic E-state index is -0.430. The molecule has 0 radical (unpaired) electrons. The van der Waals surface area contributed by atoms with Crippen molar-refractivity contribution >= 4 is 6.09 Å². The summed E-state index contributed by atoms with van der Waals surface area (Å²) in [5.74, 6) is 0. The van der Waals surface area contributed by atoms with E-state index in [-0.39, 0.29) is 12.1 Å². The molecule has 5 heteroatoms. The summed E-state index contributed by atoms with van der Waals surface area (Å²) in [6.45, 7) is 7.96. The number of amides is 1. The molecule has 1 N–H and O–H groups in total. The number of carbonyl (C=O) groups is 1. The summed E-state index contributed by atoms with van der Waals surface area (Å²) < 4.78 is 5.60. The van der Waals surface area contributed by atoms with Crippen molar-refractivity contribution in [3.05, 3.63) is 30.1 Å². The van der Waals surface area contributed by atoms with Gasteiger partial charge in [0.1, 0.15) is 5.60 Å². The zero-order chi connectivity index (χ0) is 17.3. The minimum absolute atomic E-state index is 0.145. The Kier molecular flexibility index (Phi) is 4.81. The largest absolute Gasteiger partial charge is 0.444 e. The van der Waals surface area contributed by atoms with Crippen LogP contribution < -0.4 is 5.32 Å². The van der Waals surface area contributed by atoms with Crippen molar-refractivity contribution in [1.82, 2.24) is 15.2 Å². The second-order valence-corrected chi connectivity index (χ2v) is 8.12. The molecular formula is C19H29N3O2. The standard InChI is InChI=1S/C19H29N3O2/c1-13(14-6-5-9-20-12-14)21-15-10-16-7-8-17(11-15)22(16)18(23)24-19(2,3)4/h5-6,9,12-13,15-17,21H,7-8,10-11H2,1-4H3/t13-,15?,16?,17?/m0/s1. The second-order valence-electron chi connectivity index (χ2n) is 8.12. The number of aromatic nitrogens is 1. The summed E-state index contributed by atoms with van der Waals surface area (Å²) in [6.07, 6.45) is 7.75. The minimum Gasteiger partial charge on any atom is -0.444 e. The number of carbonyl (C=O) groups excluding carboxylic acids is 1. The highest BCUT2D eigenvalue weighted by atomic mass is 16.6. The normalized spacial score (nSPS) is 27.8. The monoisotopic (exact) mass is 331 g/mol. The molecule has 2 saturated heterocycles. The first-order valence-electron chi connectivity index (χ1n) is 9.01. The average molecular weight is 331 g/mol. The Bertz CT molecular complexity index is 556. The maximum atomic E-state index is 12.5. The van der Waals surface area contributed by atoms with Crippen LogP contribution in [0.15, 0.2) is 24.5 Å². The fourth-order valence-corrected chi connectivity index (χ4v) is 4.01. The topological polar surface area (TPSA) is 54.5 Å². The summed E-state index contributed by atoms with van der Waals surface area (Å²) in [5.41, 5.74) is 0.778. The van der Waals surface area contributed by atoms with Crippen molar-refractivity contribution in [3.63, 3.8) is 0 Å². The Balaban J connectivity index is 1.60. The van der Waals surface area contributed by atoms with E-state index in [1.807, 2.05) is 37.9 Å². The molecule has 2 bridgehead atoms. The molecule has 1 aromatic heterocycles. The summed E-state index contributed by atoms with van der Waals surface area (Å²) in [4.78, 5) is 18.7. The molecule has 2 fully saturated rings. The van der Waals surface area contributed by atoms with E-state index in [1.54, 1.807) is 6.20 Å². The number of hydrogen-bond donors (Lipinski definition) is 1. The van der Waals surface area contributed by atoms with Crippen molar-refractivity contribution in [2.75, 3.05) is 0 Å². The SMILES string of the molecule is C[C@H](NC1CC2CCC(C1)N2C(=O)OC(C)(C)C)c1cccnc1. The van der Waals surface area contributed by atoms with Crippen LogP contribution in [-0.4, -0.2) is 39.7 Å². The van der Waals surface area contributed by atoms with Crippen molar-refractivity contribution in [2.45, 2.75) is 83.1 Å². The molecule has 3 atom stereocenters. The lowest BCUT2D eigenvalue weighted by Gasteiger charge is -2.40. The van der Waals surface area contributed by atoms with Gasteiger partial charge in [-0.1, -0.05) is 6.07 Å². The van der Waals surface area contributed by atoms with E-state index in [0.29, 0.717) is 18.1 Å².